The monoisotopic (exact) mass is 250 g/mol. The van der Waals surface area contributed by atoms with Crippen molar-refractivity contribution in [2.24, 2.45) is 5.73 Å². The van der Waals surface area contributed by atoms with E-state index in [0.717, 1.165) is 16.6 Å². The summed E-state index contributed by atoms with van der Waals surface area (Å²) in [5.74, 6) is 0. The van der Waals surface area contributed by atoms with E-state index in [-0.39, 0.29) is 18.4 Å². The summed E-state index contributed by atoms with van der Waals surface area (Å²) < 4.78 is 0.856. The second-order valence-corrected chi connectivity index (χ2v) is 3.15. The van der Waals surface area contributed by atoms with Crippen LogP contribution in [0.4, 0.5) is 0 Å². The maximum atomic E-state index is 5.83. The van der Waals surface area contributed by atoms with Crippen LogP contribution in [0, 0.1) is 0 Å². The molecule has 4 heteroatoms. The predicted octanol–water partition coefficient (Wildman–Crippen LogP) is 2.68. The van der Waals surface area contributed by atoms with E-state index in [1.165, 1.54) is 0 Å². The molecule has 1 aromatic rings. The lowest BCUT2D eigenvalue weighted by molar-refractivity contribution is 0.691. The number of halogens is 2. The van der Waals surface area contributed by atoms with Crippen molar-refractivity contribution in [3.63, 3.8) is 0 Å². The van der Waals surface area contributed by atoms with E-state index in [1.54, 1.807) is 6.20 Å². The van der Waals surface area contributed by atoms with Gasteiger partial charge in [0.05, 0.1) is 0 Å². The number of nitrogens with two attached hydrogens (primary N) is 1. The van der Waals surface area contributed by atoms with Crippen LogP contribution >= 0.6 is 28.3 Å². The van der Waals surface area contributed by atoms with Crippen molar-refractivity contribution in [2.75, 3.05) is 0 Å². The molecule has 68 valence electrons. The van der Waals surface area contributed by atoms with E-state index in [9.17, 15) is 0 Å². The molecule has 1 rings (SSSR count). The van der Waals surface area contributed by atoms with Gasteiger partial charge in [-0.3, -0.25) is 0 Å². The van der Waals surface area contributed by atoms with E-state index in [0.29, 0.717) is 0 Å². The summed E-state index contributed by atoms with van der Waals surface area (Å²) in [6.07, 6.45) is 2.68. The number of nitrogens with zero attached hydrogens (tertiary/aromatic N) is 1. The standard InChI is InChI=1S/C8H11BrN2.ClH/c1-2-7(10)6-4-3-5-11-8(6)9;/h3-5,7H,2,10H2,1H3;1H/t7-;/m1./s1. The highest BCUT2D eigenvalue weighted by Crippen LogP contribution is 2.20. The fourth-order valence-electron chi connectivity index (χ4n) is 0.895. The summed E-state index contributed by atoms with van der Waals surface area (Å²) in [5, 5.41) is 0. The molecule has 0 aliphatic rings. The zero-order valence-electron chi connectivity index (χ0n) is 6.83. The maximum absolute atomic E-state index is 5.83. The van der Waals surface area contributed by atoms with Crippen LogP contribution in [0.1, 0.15) is 24.9 Å². The molecule has 1 aromatic heterocycles. The highest BCUT2D eigenvalue weighted by molar-refractivity contribution is 9.10. The summed E-state index contributed by atoms with van der Waals surface area (Å²) >= 11 is 3.35. The normalized spacial score (nSPS) is 11.9. The van der Waals surface area contributed by atoms with Crippen LogP contribution in [0.15, 0.2) is 22.9 Å². The molecular weight excluding hydrogens is 239 g/mol. The Balaban J connectivity index is 0.00000121. The summed E-state index contributed by atoms with van der Waals surface area (Å²) in [6, 6.07) is 3.99. The molecule has 0 amide bonds. The molecule has 1 atom stereocenters. The molecule has 2 nitrogen and oxygen atoms in total. The van der Waals surface area contributed by atoms with Gasteiger partial charge in [0.1, 0.15) is 4.60 Å². The Hall–Kier alpha value is -0.120. The molecule has 12 heavy (non-hydrogen) atoms. The maximum Gasteiger partial charge on any atom is 0.110 e. The lowest BCUT2D eigenvalue weighted by atomic mass is 10.1. The van der Waals surface area contributed by atoms with Crippen molar-refractivity contribution < 1.29 is 0 Å². The van der Waals surface area contributed by atoms with Crippen LogP contribution in [0.5, 0.6) is 0 Å². The average Bonchev–Trinajstić information content (AvgIpc) is 2.04. The van der Waals surface area contributed by atoms with E-state index in [4.69, 9.17) is 5.73 Å². The van der Waals surface area contributed by atoms with Crippen molar-refractivity contribution in [3.8, 4) is 0 Å². The fraction of sp³-hybridized carbons (Fsp3) is 0.375. The van der Waals surface area contributed by atoms with Gasteiger partial charge in [-0.05, 0) is 28.4 Å². The zero-order valence-corrected chi connectivity index (χ0v) is 9.23. The molecule has 0 aromatic carbocycles. The Bertz CT molecular complexity index is 242. The van der Waals surface area contributed by atoms with Crippen LogP contribution in [0.2, 0.25) is 0 Å². The third-order valence-corrected chi connectivity index (χ3v) is 2.29. The molecule has 0 unspecified atom stereocenters. The molecule has 0 aliphatic carbocycles. The van der Waals surface area contributed by atoms with Gasteiger partial charge in [-0.1, -0.05) is 13.0 Å². The Morgan fingerprint density at radius 1 is 1.67 bits per heavy atom. The smallest absolute Gasteiger partial charge is 0.110 e. The topological polar surface area (TPSA) is 38.9 Å². The molecule has 0 spiro atoms. The third-order valence-electron chi connectivity index (χ3n) is 1.63. The molecule has 0 saturated heterocycles. The van der Waals surface area contributed by atoms with Gasteiger partial charge in [-0.25, -0.2) is 4.98 Å². The molecule has 0 fully saturated rings. The van der Waals surface area contributed by atoms with Gasteiger partial charge in [-0.2, -0.15) is 0 Å². The first-order valence-corrected chi connectivity index (χ1v) is 4.41. The minimum absolute atomic E-state index is 0. The highest BCUT2D eigenvalue weighted by atomic mass is 79.9. The van der Waals surface area contributed by atoms with Crippen LogP contribution in [0.25, 0.3) is 0 Å². The fourth-order valence-corrected chi connectivity index (χ4v) is 1.44. The summed E-state index contributed by atoms with van der Waals surface area (Å²) in [6.45, 7) is 2.06. The highest BCUT2D eigenvalue weighted by Gasteiger charge is 2.06. The first kappa shape index (κ1) is 11.9. The van der Waals surface area contributed by atoms with Crippen molar-refractivity contribution >= 4 is 28.3 Å². The average molecular weight is 252 g/mol. The van der Waals surface area contributed by atoms with E-state index >= 15 is 0 Å². The summed E-state index contributed by atoms with van der Waals surface area (Å²) in [7, 11) is 0. The number of hydrogen-bond donors (Lipinski definition) is 1. The van der Waals surface area contributed by atoms with Crippen LogP contribution in [-0.2, 0) is 0 Å². The first-order chi connectivity index (χ1) is 5.25. The Kier molecular flexibility index (Phi) is 5.46. The zero-order chi connectivity index (χ0) is 8.27. The number of pyridine rings is 1. The molecule has 0 bridgehead atoms. The van der Waals surface area contributed by atoms with Gasteiger partial charge in [0.15, 0.2) is 0 Å². The first-order valence-electron chi connectivity index (χ1n) is 3.61. The predicted molar refractivity (Wildman–Crippen MR) is 56.4 cm³/mol. The third kappa shape index (κ3) is 2.73. The molecule has 0 saturated carbocycles. The SMILES string of the molecule is CC[C@@H](N)c1cccnc1Br.Cl. The minimum atomic E-state index is 0. The molecule has 2 N–H and O–H groups in total. The van der Waals surface area contributed by atoms with Gasteiger partial charge in [0.25, 0.3) is 0 Å². The van der Waals surface area contributed by atoms with Gasteiger partial charge in [-0.15, -0.1) is 12.4 Å². The largest absolute Gasteiger partial charge is 0.324 e. The lowest BCUT2D eigenvalue weighted by Crippen LogP contribution is -2.09. The lowest BCUT2D eigenvalue weighted by Gasteiger charge is -2.09. The Morgan fingerprint density at radius 3 is 2.83 bits per heavy atom. The second kappa shape index (κ2) is 5.51. The van der Waals surface area contributed by atoms with Gasteiger partial charge < -0.3 is 5.73 Å². The molecular formula is C8H12BrClN2. The van der Waals surface area contributed by atoms with Crippen molar-refractivity contribution in [2.45, 2.75) is 19.4 Å². The molecule has 1 heterocycles. The summed E-state index contributed by atoms with van der Waals surface area (Å²) in [5.41, 5.74) is 6.90. The van der Waals surface area contributed by atoms with Crippen molar-refractivity contribution in [1.29, 1.82) is 0 Å². The van der Waals surface area contributed by atoms with Gasteiger partial charge >= 0.3 is 0 Å². The van der Waals surface area contributed by atoms with E-state index in [1.807, 2.05) is 12.1 Å². The van der Waals surface area contributed by atoms with Gasteiger partial charge in [0, 0.05) is 17.8 Å². The van der Waals surface area contributed by atoms with Crippen LogP contribution < -0.4 is 5.73 Å². The van der Waals surface area contributed by atoms with Crippen molar-refractivity contribution in [3.05, 3.63) is 28.5 Å². The van der Waals surface area contributed by atoms with E-state index in [2.05, 4.69) is 27.8 Å². The number of rotatable bonds is 2. The summed E-state index contributed by atoms with van der Waals surface area (Å²) in [4.78, 5) is 4.08. The van der Waals surface area contributed by atoms with Crippen LogP contribution in [0.3, 0.4) is 0 Å². The van der Waals surface area contributed by atoms with Gasteiger partial charge in [0.2, 0.25) is 0 Å². The molecule has 0 aliphatic heterocycles. The molecule has 0 radical (unpaired) electrons. The minimum Gasteiger partial charge on any atom is -0.324 e. The van der Waals surface area contributed by atoms with E-state index < -0.39 is 0 Å². The second-order valence-electron chi connectivity index (χ2n) is 2.40. The Labute approximate surface area is 87.1 Å². The quantitative estimate of drug-likeness (QED) is 0.821. The van der Waals surface area contributed by atoms with Crippen LogP contribution in [-0.4, -0.2) is 4.98 Å². The Morgan fingerprint density at radius 2 is 2.33 bits per heavy atom. The van der Waals surface area contributed by atoms with Crippen molar-refractivity contribution in [1.82, 2.24) is 4.98 Å². The number of hydrogen-bond acceptors (Lipinski definition) is 2. The number of aromatic nitrogens is 1.